The maximum atomic E-state index is 12.7. The van der Waals surface area contributed by atoms with Crippen LogP contribution in [0.25, 0.3) is 0 Å². The van der Waals surface area contributed by atoms with Gasteiger partial charge in [0.05, 0.1) is 6.54 Å². The average molecular weight is 254 g/mol. The molecule has 1 aromatic carbocycles. The van der Waals surface area contributed by atoms with Gasteiger partial charge in [0.1, 0.15) is 18.2 Å². The Morgan fingerprint density at radius 2 is 1.83 bits per heavy atom. The summed E-state index contributed by atoms with van der Waals surface area (Å²) in [5.74, 6) is 0.402. The molecule has 5 heteroatoms. The second-order valence-corrected chi connectivity index (χ2v) is 4.33. The van der Waals surface area contributed by atoms with Gasteiger partial charge in [-0.05, 0) is 31.3 Å². The number of hydrogen-bond acceptors (Lipinski definition) is 3. The van der Waals surface area contributed by atoms with Crippen LogP contribution in [0.2, 0.25) is 0 Å². The summed E-state index contributed by atoms with van der Waals surface area (Å²) in [5, 5.41) is 0. The van der Waals surface area contributed by atoms with Gasteiger partial charge in [0.25, 0.3) is 0 Å². The van der Waals surface area contributed by atoms with E-state index < -0.39 is 0 Å². The number of ether oxygens (including phenoxy) is 1. The lowest BCUT2D eigenvalue weighted by Crippen LogP contribution is -2.36. The molecule has 0 saturated carbocycles. The van der Waals surface area contributed by atoms with E-state index in [9.17, 15) is 9.18 Å². The Labute approximate surface area is 107 Å². The minimum atomic E-state index is -0.281. The van der Waals surface area contributed by atoms with Gasteiger partial charge in [-0.25, -0.2) is 4.39 Å². The summed E-state index contributed by atoms with van der Waals surface area (Å²) in [6.45, 7) is 1.46. The first-order valence-corrected chi connectivity index (χ1v) is 5.76. The summed E-state index contributed by atoms with van der Waals surface area (Å²) in [4.78, 5) is 14.9. The molecule has 1 amide bonds. The lowest BCUT2D eigenvalue weighted by Gasteiger charge is -2.18. The van der Waals surface area contributed by atoms with Crippen LogP contribution < -0.4 is 4.74 Å². The predicted octanol–water partition coefficient (Wildman–Crippen LogP) is 1.22. The van der Waals surface area contributed by atoms with E-state index in [4.69, 9.17) is 4.74 Å². The third-order valence-corrected chi connectivity index (χ3v) is 2.46. The summed E-state index contributed by atoms with van der Waals surface area (Å²) in [7, 11) is 5.31. The van der Waals surface area contributed by atoms with E-state index in [1.807, 2.05) is 11.9 Å². The molecule has 0 aliphatic heterocycles. The van der Waals surface area contributed by atoms with Crippen LogP contribution in [0.15, 0.2) is 24.3 Å². The topological polar surface area (TPSA) is 32.8 Å². The fourth-order valence-corrected chi connectivity index (χ4v) is 1.30. The molecule has 0 N–H and O–H groups in total. The van der Waals surface area contributed by atoms with E-state index in [2.05, 4.69) is 0 Å². The smallest absolute Gasteiger partial charge is 0.236 e. The number of rotatable bonds is 6. The molecule has 4 nitrogen and oxygen atoms in total. The summed E-state index contributed by atoms with van der Waals surface area (Å²) in [6.07, 6.45) is 0. The highest BCUT2D eigenvalue weighted by Gasteiger charge is 2.07. The summed E-state index contributed by atoms with van der Waals surface area (Å²) < 4.78 is 18.1. The molecule has 1 rings (SSSR count). The number of amides is 1. The first-order chi connectivity index (χ1) is 8.49. The second-order valence-electron chi connectivity index (χ2n) is 4.33. The zero-order valence-electron chi connectivity index (χ0n) is 11.0. The van der Waals surface area contributed by atoms with Crippen molar-refractivity contribution in [2.75, 3.05) is 40.8 Å². The number of carbonyl (C=O) groups excluding carboxylic acids is 1. The van der Waals surface area contributed by atoms with Crippen LogP contribution in [0.3, 0.4) is 0 Å². The van der Waals surface area contributed by atoms with Gasteiger partial charge in [-0.1, -0.05) is 0 Å². The quantitative estimate of drug-likeness (QED) is 0.765. The highest BCUT2D eigenvalue weighted by molar-refractivity contribution is 5.77. The van der Waals surface area contributed by atoms with Crippen LogP contribution in [-0.2, 0) is 4.79 Å². The average Bonchev–Trinajstić information content (AvgIpc) is 2.31. The summed E-state index contributed by atoms with van der Waals surface area (Å²) in [5.41, 5.74) is 0. The van der Waals surface area contributed by atoms with E-state index >= 15 is 0 Å². The second kappa shape index (κ2) is 6.96. The Kier molecular flexibility index (Phi) is 5.58. The fourth-order valence-electron chi connectivity index (χ4n) is 1.30. The molecule has 0 bridgehead atoms. The largest absolute Gasteiger partial charge is 0.492 e. The maximum Gasteiger partial charge on any atom is 0.236 e. The van der Waals surface area contributed by atoms with Gasteiger partial charge < -0.3 is 9.64 Å². The van der Waals surface area contributed by atoms with Gasteiger partial charge in [0.2, 0.25) is 5.91 Å². The van der Waals surface area contributed by atoms with Gasteiger partial charge in [-0.15, -0.1) is 0 Å². The van der Waals surface area contributed by atoms with Gasteiger partial charge in [0.15, 0.2) is 0 Å². The van der Waals surface area contributed by atoms with Crippen LogP contribution in [0.1, 0.15) is 0 Å². The molecular formula is C13H19FN2O2. The van der Waals surface area contributed by atoms with Crippen molar-refractivity contribution in [3.8, 4) is 5.75 Å². The molecule has 0 saturated heterocycles. The summed E-state index contributed by atoms with van der Waals surface area (Å²) in [6, 6.07) is 5.88. The third kappa shape index (κ3) is 5.14. The number of halogens is 1. The lowest BCUT2D eigenvalue weighted by atomic mass is 10.3. The Balaban J connectivity index is 2.25. The van der Waals surface area contributed by atoms with Gasteiger partial charge in [0, 0.05) is 20.6 Å². The minimum absolute atomic E-state index is 0.0549. The van der Waals surface area contributed by atoms with Crippen molar-refractivity contribution in [1.29, 1.82) is 0 Å². The van der Waals surface area contributed by atoms with Gasteiger partial charge in [-0.3, -0.25) is 9.69 Å². The molecule has 0 aliphatic rings. The minimum Gasteiger partial charge on any atom is -0.492 e. The Bertz CT molecular complexity index is 379. The Morgan fingerprint density at radius 1 is 1.22 bits per heavy atom. The molecule has 18 heavy (non-hydrogen) atoms. The molecule has 0 unspecified atom stereocenters. The van der Waals surface area contributed by atoms with Gasteiger partial charge >= 0.3 is 0 Å². The molecule has 0 fully saturated rings. The first-order valence-electron chi connectivity index (χ1n) is 5.76. The fraction of sp³-hybridized carbons (Fsp3) is 0.462. The van der Waals surface area contributed by atoms with Crippen molar-refractivity contribution in [2.24, 2.45) is 0 Å². The van der Waals surface area contributed by atoms with Crippen LogP contribution in [0.5, 0.6) is 5.75 Å². The predicted molar refractivity (Wildman–Crippen MR) is 68.1 cm³/mol. The zero-order chi connectivity index (χ0) is 13.5. The van der Waals surface area contributed by atoms with E-state index in [1.54, 1.807) is 31.1 Å². The zero-order valence-corrected chi connectivity index (χ0v) is 11.0. The number of hydrogen-bond donors (Lipinski definition) is 0. The van der Waals surface area contributed by atoms with E-state index in [-0.39, 0.29) is 11.7 Å². The van der Waals surface area contributed by atoms with Gasteiger partial charge in [-0.2, -0.15) is 0 Å². The lowest BCUT2D eigenvalue weighted by molar-refractivity contribution is -0.129. The van der Waals surface area contributed by atoms with Crippen molar-refractivity contribution in [3.63, 3.8) is 0 Å². The third-order valence-electron chi connectivity index (χ3n) is 2.46. The molecule has 0 spiro atoms. The van der Waals surface area contributed by atoms with Crippen LogP contribution in [-0.4, -0.2) is 56.5 Å². The highest BCUT2D eigenvalue weighted by Crippen LogP contribution is 2.10. The first kappa shape index (κ1) is 14.4. The van der Waals surface area contributed by atoms with Crippen molar-refractivity contribution < 1.29 is 13.9 Å². The van der Waals surface area contributed by atoms with Crippen LogP contribution >= 0.6 is 0 Å². The van der Waals surface area contributed by atoms with E-state index in [0.29, 0.717) is 25.4 Å². The Hall–Kier alpha value is -1.62. The highest BCUT2D eigenvalue weighted by atomic mass is 19.1. The number of nitrogens with zero attached hydrogens (tertiary/aromatic N) is 2. The van der Waals surface area contributed by atoms with Crippen LogP contribution in [0, 0.1) is 5.82 Å². The molecule has 0 radical (unpaired) electrons. The molecule has 1 aromatic rings. The summed E-state index contributed by atoms with van der Waals surface area (Å²) >= 11 is 0. The SMILES string of the molecule is CN(CCOc1ccc(F)cc1)CC(=O)N(C)C. The van der Waals surface area contributed by atoms with E-state index in [0.717, 1.165) is 0 Å². The van der Waals surface area contributed by atoms with Crippen molar-refractivity contribution in [3.05, 3.63) is 30.1 Å². The number of carbonyl (C=O) groups is 1. The van der Waals surface area contributed by atoms with Crippen LogP contribution in [0.4, 0.5) is 4.39 Å². The van der Waals surface area contributed by atoms with Crippen molar-refractivity contribution in [2.45, 2.75) is 0 Å². The number of benzene rings is 1. The molecule has 0 aliphatic carbocycles. The molecule has 100 valence electrons. The normalized spacial score (nSPS) is 10.5. The molecular weight excluding hydrogens is 235 g/mol. The Morgan fingerprint density at radius 3 is 2.39 bits per heavy atom. The molecule has 0 atom stereocenters. The maximum absolute atomic E-state index is 12.7. The molecule has 0 heterocycles. The number of likely N-dealkylation sites (N-methyl/N-ethyl adjacent to an activating group) is 2. The monoisotopic (exact) mass is 254 g/mol. The van der Waals surface area contributed by atoms with E-state index in [1.165, 1.54) is 12.1 Å². The van der Waals surface area contributed by atoms with Crippen molar-refractivity contribution in [1.82, 2.24) is 9.80 Å². The standard InChI is InChI=1S/C13H19FN2O2/c1-15(2)13(17)10-16(3)8-9-18-12-6-4-11(14)5-7-12/h4-7H,8-10H2,1-3H3. The molecule has 0 aromatic heterocycles. The van der Waals surface area contributed by atoms with Crippen molar-refractivity contribution >= 4 is 5.91 Å².